The zero-order valence-electron chi connectivity index (χ0n) is 37.5. The molecule has 0 spiro atoms. The Morgan fingerprint density at radius 3 is 1.28 bits per heavy atom. The predicted octanol–water partition coefficient (Wildman–Crippen LogP) is 15.7. The van der Waals surface area contributed by atoms with Crippen LogP contribution in [0.2, 0.25) is 0 Å². The normalized spacial score (nSPS) is 13.2. The molecule has 0 heterocycles. The molecule has 0 aliphatic rings. The lowest BCUT2D eigenvalue weighted by Gasteiger charge is -2.18. The number of esters is 2. The minimum Gasteiger partial charge on any atom is -0.462 e. The number of rotatable bonds is 41. The molecule has 328 valence electrons. The van der Waals surface area contributed by atoms with E-state index in [1.165, 1.54) is 38.5 Å². The van der Waals surface area contributed by atoms with Gasteiger partial charge in [-0.25, -0.2) is 0 Å². The van der Waals surface area contributed by atoms with Gasteiger partial charge in [-0.15, -0.1) is 0 Å². The van der Waals surface area contributed by atoms with Crippen LogP contribution in [0.15, 0.2) is 109 Å². The van der Waals surface area contributed by atoms with Gasteiger partial charge in [0.25, 0.3) is 0 Å². The van der Waals surface area contributed by atoms with Gasteiger partial charge in [0.2, 0.25) is 0 Å². The summed E-state index contributed by atoms with van der Waals surface area (Å²) in [4.78, 5) is 25.2. The number of carbonyl (C=O) groups is 2. The first-order valence-corrected chi connectivity index (χ1v) is 23.4. The lowest BCUT2D eigenvalue weighted by atomic mass is 10.1. The Morgan fingerprint density at radius 1 is 0.397 bits per heavy atom. The Balaban J connectivity index is 4.39. The summed E-state index contributed by atoms with van der Waals surface area (Å²) in [5.74, 6) is -0.493. The first-order chi connectivity index (χ1) is 28.6. The van der Waals surface area contributed by atoms with Crippen LogP contribution in [0, 0.1) is 0 Å². The summed E-state index contributed by atoms with van der Waals surface area (Å²) in [5, 5.41) is 0. The lowest BCUT2D eigenvalue weighted by molar-refractivity contribution is -0.163. The van der Waals surface area contributed by atoms with Crippen LogP contribution < -0.4 is 0 Å². The van der Waals surface area contributed by atoms with E-state index in [1.54, 1.807) is 0 Å². The van der Waals surface area contributed by atoms with E-state index in [1.807, 2.05) is 0 Å². The highest BCUT2D eigenvalue weighted by Crippen LogP contribution is 2.12. The number of unbranched alkanes of at least 4 members (excludes halogenated alkanes) is 12. The minimum atomic E-state index is -0.578. The van der Waals surface area contributed by atoms with Crippen molar-refractivity contribution in [2.75, 3.05) is 19.8 Å². The fraction of sp³-hybridized carbons (Fsp3) is 0.623. The van der Waals surface area contributed by atoms with Crippen molar-refractivity contribution in [1.29, 1.82) is 0 Å². The largest absolute Gasteiger partial charge is 0.462 e. The van der Waals surface area contributed by atoms with Gasteiger partial charge in [-0.2, -0.15) is 0 Å². The molecule has 58 heavy (non-hydrogen) atoms. The van der Waals surface area contributed by atoms with Crippen molar-refractivity contribution in [2.45, 2.75) is 194 Å². The summed E-state index contributed by atoms with van der Waals surface area (Å²) in [5.41, 5.74) is 0. The highest BCUT2D eigenvalue weighted by Gasteiger charge is 2.17. The molecular weight excluding hydrogens is 717 g/mol. The van der Waals surface area contributed by atoms with Gasteiger partial charge in [0.1, 0.15) is 6.61 Å². The van der Waals surface area contributed by atoms with Crippen LogP contribution in [0.4, 0.5) is 0 Å². The SMILES string of the molecule is CC/C=C\C/C=C\C/C=C\C/C=C\C/C=C\CCCC(=O)OCC(COCCCCC/C=C\C/C=C\C/C=C\C/C=C\CC)OC(=O)CCCCCCCCCCC. The first-order valence-electron chi connectivity index (χ1n) is 23.4. The van der Waals surface area contributed by atoms with E-state index in [0.29, 0.717) is 19.4 Å². The van der Waals surface area contributed by atoms with Gasteiger partial charge in [0.15, 0.2) is 6.10 Å². The van der Waals surface area contributed by atoms with Crippen LogP contribution in [0.5, 0.6) is 0 Å². The molecule has 0 bridgehead atoms. The summed E-state index contributed by atoms with van der Waals surface area (Å²) < 4.78 is 17.2. The topological polar surface area (TPSA) is 61.8 Å². The molecule has 0 amide bonds. The molecule has 0 aliphatic heterocycles. The van der Waals surface area contributed by atoms with Crippen LogP contribution in [0.1, 0.15) is 188 Å². The van der Waals surface area contributed by atoms with Crippen LogP contribution in [-0.4, -0.2) is 37.9 Å². The van der Waals surface area contributed by atoms with Crippen molar-refractivity contribution < 1.29 is 23.8 Å². The van der Waals surface area contributed by atoms with E-state index in [4.69, 9.17) is 14.2 Å². The Hall–Kier alpha value is -3.44. The average Bonchev–Trinajstić information content (AvgIpc) is 3.22. The second-order valence-electron chi connectivity index (χ2n) is 14.9. The zero-order valence-corrected chi connectivity index (χ0v) is 37.5. The minimum absolute atomic E-state index is 0.0375. The molecule has 1 unspecified atom stereocenters. The van der Waals surface area contributed by atoms with Crippen LogP contribution in [0.25, 0.3) is 0 Å². The maximum absolute atomic E-state index is 12.7. The second kappa shape index (κ2) is 47.9. The van der Waals surface area contributed by atoms with E-state index in [9.17, 15) is 9.59 Å². The average molecular weight is 803 g/mol. The number of allylic oxidation sites excluding steroid dienone is 18. The van der Waals surface area contributed by atoms with E-state index >= 15 is 0 Å². The summed E-state index contributed by atoms with van der Waals surface area (Å²) in [7, 11) is 0. The third kappa shape index (κ3) is 45.3. The highest BCUT2D eigenvalue weighted by molar-refractivity contribution is 5.70. The number of hydrogen-bond donors (Lipinski definition) is 0. The van der Waals surface area contributed by atoms with Gasteiger partial charge >= 0.3 is 11.9 Å². The number of carbonyl (C=O) groups excluding carboxylic acids is 2. The summed E-state index contributed by atoms with van der Waals surface area (Å²) >= 11 is 0. The van der Waals surface area contributed by atoms with Crippen molar-refractivity contribution in [1.82, 2.24) is 0 Å². The molecule has 0 rings (SSSR count). The summed E-state index contributed by atoms with van der Waals surface area (Å²) in [6, 6.07) is 0. The van der Waals surface area contributed by atoms with E-state index < -0.39 is 6.10 Å². The standard InChI is InChI=1S/C53H86O5/c1-4-7-10-13-16-19-21-23-25-27-28-30-32-35-37-40-43-46-52(54)57-50-51(58-53(55)47-44-41-38-34-18-15-12-9-6-3)49-56-48-45-42-39-36-33-31-29-26-24-22-20-17-14-11-8-5-2/h7-8,10-11,16-17,19-20,23-26,28,30-31,33,35,37,51H,4-6,9,12-15,18,21-22,27,29,32,34,36,38-50H2,1-3H3/b10-7-,11-8-,19-16-,20-17-,25-23-,26-24-,30-28-,33-31-,37-35-. The van der Waals surface area contributed by atoms with E-state index in [2.05, 4.69) is 130 Å². The summed E-state index contributed by atoms with van der Waals surface area (Å²) in [6.45, 7) is 7.43. The maximum Gasteiger partial charge on any atom is 0.306 e. The molecule has 0 aromatic rings. The monoisotopic (exact) mass is 803 g/mol. The molecule has 0 saturated carbocycles. The molecule has 0 saturated heterocycles. The van der Waals surface area contributed by atoms with Gasteiger partial charge < -0.3 is 14.2 Å². The Kier molecular flexibility index (Phi) is 45.1. The van der Waals surface area contributed by atoms with Crippen LogP contribution >= 0.6 is 0 Å². The quantitative estimate of drug-likeness (QED) is 0.0350. The Labute approximate surface area is 357 Å². The van der Waals surface area contributed by atoms with Gasteiger partial charge in [0.05, 0.1) is 6.61 Å². The number of ether oxygens (including phenoxy) is 3. The van der Waals surface area contributed by atoms with Crippen molar-refractivity contribution >= 4 is 11.9 Å². The third-order valence-corrected chi connectivity index (χ3v) is 9.30. The Bertz CT molecular complexity index is 1180. The fourth-order valence-corrected chi connectivity index (χ4v) is 5.89. The molecule has 0 fully saturated rings. The van der Waals surface area contributed by atoms with Crippen molar-refractivity contribution in [3.8, 4) is 0 Å². The van der Waals surface area contributed by atoms with Crippen molar-refractivity contribution in [2.24, 2.45) is 0 Å². The molecule has 5 heteroatoms. The van der Waals surface area contributed by atoms with Gasteiger partial charge in [0, 0.05) is 19.4 Å². The fourth-order valence-electron chi connectivity index (χ4n) is 5.89. The molecule has 0 N–H and O–H groups in total. The van der Waals surface area contributed by atoms with Crippen molar-refractivity contribution in [3.63, 3.8) is 0 Å². The molecule has 0 radical (unpaired) electrons. The second-order valence-corrected chi connectivity index (χ2v) is 14.9. The first kappa shape index (κ1) is 54.6. The summed E-state index contributed by atoms with van der Waals surface area (Å²) in [6.07, 6.45) is 65.3. The van der Waals surface area contributed by atoms with Gasteiger partial charge in [-0.05, 0) is 96.3 Å². The molecule has 0 aromatic carbocycles. The van der Waals surface area contributed by atoms with Crippen molar-refractivity contribution in [3.05, 3.63) is 109 Å². The van der Waals surface area contributed by atoms with E-state index in [0.717, 1.165) is 116 Å². The lowest BCUT2D eigenvalue weighted by Crippen LogP contribution is -2.30. The Morgan fingerprint density at radius 2 is 0.793 bits per heavy atom. The zero-order chi connectivity index (χ0) is 42.1. The smallest absolute Gasteiger partial charge is 0.306 e. The van der Waals surface area contributed by atoms with Gasteiger partial charge in [-0.3, -0.25) is 9.59 Å². The van der Waals surface area contributed by atoms with E-state index in [-0.39, 0.29) is 25.2 Å². The van der Waals surface area contributed by atoms with Gasteiger partial charge in [-0.1, -0.05) is 188 Å². The molecular formula is C53H86O5. The third-order valence-electron chi connectivity index (χ3n) is 9.30. The maximum atomic E-state index is 12.7. The number of hydrogen-bond acceptors (Lipinski definition) is 5. The van der Waals surface area contributed by atoms with Crippen LogP contribution in [-0.2, 0) is 23.8 Å². The molecule has 5 nitrogen and oxygen atoms in total. The predicted molar refractivity (Wildman–Crippen MR) is 251 cm³/mol. The highest BCUT2D eigenvalue weighted by atomic mass is 16.6. The molecule has 0 aromatic heterocycles. The molecule has 1 atom stereocenters. The van der Waals surface area contributed by atoms with Crippen LogP contribution in [0.3, 0.4) is 0 Å². The molecule has 0 aliphatic carbocycles.